The second kappa shape index (κ2) is 13.3. The Bertz CT molecular complexity index is 1590. The molecule has 0 radical (unpaired) electrons. The summed E-state index contributed by atoms with van der Waals surface area (Å²) >= 11 is 7.23. The number of halogens is 1. The van der Waals surface area contributed by atoms with Gasteiger partial charge in [0.1, 0.15) is 0 Å². The zero-order valence-corrected chi connectivity index (χ0v) is 24.2. The Morgan fingerprint density at radius 1 is 1.10 bits per heavy atom. The second-order valence-corrected chi connectivity index (χ2v) is 11.5. The molecule has 10 heteroatoms. The fourth-order valence-electron chi connectivity index (χ4n) is 4.64. The summed E-state index contributed by atoms with van der Waals surface area (Å²) in [7, 11) is 0. The van der Waals surface area contributed by atoms with Crippen molar-refractivity contribution in [3.8, 4) is 0 Å². The maximum absolute atomic E-state index is 13.6. The number of carbonyl (C=O) groups is 2. The third kappa shape index (κ3) is 7.16. The molecule has 0 unspecified atom stereocenters. The zero-order chi connectivity index (χ0) is 28.8. The summed E-state index contributed by atoms with van der Waals surface area (Å²) in [4.78, 5) is 44.2. The lowest BCUT2D eigenvalue weighted by atomic mass is 10.1. The van der Waals surface area contributed by atoms with Crippen LogP contribution < -0.4 is 16.2 Å². The average Bonchev–Trinajstić information content (AvgIpc) is 3.52. The van der Waals surface area contributed by atoms with Gasteiger partial charge in [-0.15, -0.1) is 0 Å². The summed E-state index contributed by atoms with van der Waals surface area (Å²) < 4.78 is 7.17. The van der Waals surface area contributed by atoms with Crippen molar-refractivity contribution in [2.24, 2.45) is 0 Å². The maximum atomic E-state index is 13.6. The van der Waals surface area contributed by atoms with E-state index < -0.39 is 5.25 Å². The van der Waals surface area contributed by atoms with Gasteiger partial charge in [0.2, 0.25) is 5.91 Å². The second-order valence-electron chi connectivity index (χ2n) is 9.86. The SMILES string of the molecule is CC[C@H](Sc1nc2ccccc2c(=O)n1Cc1ccc(C(=O)NC[C@@H]2CCCO2)cc1)C(=O)Nc1ccc(Cl)cc1. The number of rotatable bonds is 10. The molecule has 41 heavy (non-hydrogen) atoms. The van der Waals surface area contributed by atoms with Crippen LogP contribution in [0.4, 0.5) is 5.69 Å². The Hall–Kier alpha value is -3.66. The van der Waals surface area contributed by atoms with Crippen LogP contribution in [0.1, 0.15) is 42.1 Å². The highest BCUT2D eigenvalue weighted by molar-refractivity contribution is 8.00. The Morgan fingerprint density at radius 2 is 1.85 bits per heavy atom. The lowest BCUT2D eigenvalue weighted by Gasteiger charge is -2.18. The first-order valence-corrected chi connectivity index (χ1v) is 14.9. The van der Waals surface area contributed by atoms with E-state index in [1.165, 1.54) is 11.8 Å². The predicted molar refractivity (Wildman–Crippen MR) is 163 cm³/mol. The molecule has 5 rings (SSSR count). The van der Waals surface area contributed by atoms with E-state index in [1.54, 1.807) is 59.2 Å². The van der Waals surface area contributed by atoms with Crippen molar-refractivity contribution in [3.05, 3.63) is 99.3 Å². The Labute approximate surface area is 247 Å². The molecule has 1 saturated heterocycles. The molecule has 3 aromatic carbocycles. The minimum absolute atomic E-state index is 0.0710. The van der Waals surface area contributed by atoms with Gasteiger partial charge in [-0.2, -0.15) is 0 Å². The van der Waals surface area contributed by atoms with E-state index in [2.05, 4.69) is 10.6 Å². The Morgan fingerprint density at radius 3 is 2.56 bits per heavy atom. The number of hydrogen-bond acceptors (Lipinski definition) is 6. The van der Waals surface area contributed by atoms with Gasteiger partial charge in [0.25, 0.3) is 11.5 Å². The average molecular weight is 591 g/mol. The molecular weight excluding hydrogens is 560 g/mol. The molecule has 2 N–H and O–H groups in total. The Kier molecular flexibility index (Phi) is 9.38. The molecule has 2 amide bonds. The first kappa shape index (κ1) is 28.9. The molecule has 212 valence electrons. The highest BCUT2D eigenvalue weighted by Gasteiger charge is 2.23. The van der Waals surface area contributed by atoms with E-state index in [0.717, 1.165) is 25.0 Å². The van der Waals surface area contributed by atoms with E-state index in [9.17, 15) is 14.4 Å². The smallest absolute Gasteiger partial charge is 0.262 e. The molecule has 0 spiro atoms. The molecule has 2 atom stereocenters. The first-order chi connectivity index (χ1) is 19.9. The molecule has 4 aromatic rings. The predicted octanol–water partition coefficient (Wildman–Crippen LogP) is 5.52. The third-order valence-corrected chi connectivity index (χ3v) is 8.53. The van der Waals surface area contributed by atoms with Crippen molar-refractivity contribution in [1.29, 1.82) is 0 Å². The quantitative estimate of drug-likeness (QED) is 0.186. The van der Waals surface area contributed by atoms with E-state index in [0.29, 0.717) is 45.3 Å². The van der Waals surface area contributed by atoms with Gasteiger partial charge in [-0.3, -0.25) is 19.0 Å². The number of hydrogen-bond donors (Lipinski definition) is 2. The van der Waals surface area contributed by atoms with Crippen LogP contribution >= 0.6 is 23.4 Å². The molecule has 1 fully saturated rings. The van der Waals surface area contributed by atoms with Crippen molar-refractivity contribution in [2.75, 3.05) is 18.5 Å². The van der Waals surface area contributed by atoms with Crippen LogP contribution in [-0.2, 0) is 16.1 Å². The van der Waals surface area contributed by atoms with Crippen LogP contribution in [0, 0.1) is 0 Å². The third-order valence-electron chi connectivity index (χ3n) is 6.92. The summed E-state index contributed by atoms with van der Waals surface area (Å²) in [6.45, 7) is 3.39. The standard InChI is InChI=1S/C31H31ClN4O4S/c1-2-27(29(38)34-23-15-13-22(32)14-16-23)41-31-35-26-8-4-3-7-25(26)30(39)36(31)19-20-9-11-21(12-10-20)28(37)33-18-24-6-5-17-40-24/h3-4,7-16,24,27H,2,5-6,17-19H2,1H3,(H,33,37)(H,34,38)/t24-,27-/m0/s1. The number of ether oxygens (including phenoxy) is 1. The minimum Gasteiger partial charge on any atom is -0.376 e. The molecular formula is C31H31ClN4O4S. The summed E-state index contributed by atoms with van der Waals surface area (Å²) in [5, 5.41) is 6.91. The van der Waals surface area contributed by atoms with Gasteiger partial charge in [-0.25, -0.2) is 4.98 Å². The van der Waals surface area contributed by atoms with Crippen molar-refractivity contribution >= 4 is 51.8 Å². The van der Waals surface area contributed by atoms with Gasteiger partial charge >= 0.3 is 0 Å². The molecule has 2 heterocycles. The van der Waals surface area contributed by atoms with E-state index in [1.807, 2.05) is 25.1 Å². The van der Waals surface area contributed by atoms with Crippen LogP contribution in [0.2, 0.25) is 5.02 Å². The lowest BCUT2D eigenvalue weighted by molar-refractivity contribution is -0.115. The van der Waals surface area contributed by atoms with Gasteiger partial charge < -0.3 is 15.4 Å². The summed E-state index contributed by atoms with van der Waals surface area (Å²) in [6.07, 6.45) is 2.57. The van der Waals surface area contributed by atoms with Crippen LogP contribution in [0.3, 0.4) is 0 Å². The number of anilines is 1. The highest BCUT2D eigenvalue weighted by atomic mass is 35.5. The molecule has 1 aromatic heterocycles. The topological polar surface area (TPSA) is 102 Å². The fraction of sp³-hybridized carbons (Fsp3) is 0.290. The number of nitrogens with zero attached hydrogens (tertiary/aromatic N) is 2. The van der Waals surface area contributed by atoms with Gasteiger partial charge in [0.05, 0.1) is 28.8 Å². The van der Waals surface area contributed by atoms with E-state index in [-0.39, 0.29) is 30.0 Å². The fourth-order valence-corrected chi connectivity index (χ4v) is 5.78. The molecule has 1 aliphatic rings. The number of nitrogens with one attached hydrogen (secondary N) is 2. The van der Waals surface area contributed by atoms with Crippen molar-refractivity contribution < 1.29 is 14.3 Å². The number of benzene rings is 3. The molecule has 1 aliphatic heterocycles. The number of aromatic nitrogens is 2. The number of amides is 2. The van der Waals surface area contributed by atoms with Gasteiger partial charge in [0.15, 0.2) is 5.16 Å². The van der Waals surface area contributed by atoms with Crippen LogP contribution in [0.15, 0.2) is 82.7 Å². The molecule has 0 bridgehead atoms. The van der Waals surface area contributed by atoms with Gasteiger partial charge in [-0.05, 0) is 73.4 Å². The normalized spacial score (nSPS) is 15.5. The Balaban J connectivity index is 1.36. The monoisotopic (exact) mass is 590 g/mol. The molecule has 8 nitrogen and oxygen atoms in total. The van der Waals surface area contributed by atoms with Crippen molar-refractivity contribution in [2.45, 2.75) is 49.2 Å². The van der Waals surface area contributed by atoms with Crippen LogP contribution in [-0.4, -0.2) is 45.9 Å². The summed E-state index contributed by atoms with van der Waals surface area (Å²) in [5.74, 6) is -0.350. The van der Waals surface area contributed by atoms with Crippen molar-refractivity contribution in [1.82, 2.24) is 14.9 Å². The number of para-hydroxylation sites is 1. The van der Waals surface area contributed by atoms with E-state index >= 15 is 0 Å². The zero-order valence-electron chi connectivity index (χ0n) is 22.6. The van der Waals surface area contributed by atoms with Crippen molar-refractivity contribution in [3.63, 3.8) is 0 Å². The van der Waals surface area contributed by atoms with Crippen LogP contribution in [0.25, 0.3) is 10.9 Å². The summed E-state index contributed by atoms with van der Waals surface area (Å²) in [5.41, 5.74) is 2.39. The lowest BCUT2D eigenvalue weighted by Crippen LogP contribution is -2.31. The molecule has 0 aliphatic carbocycles. The largest absolute Gasteiger partial charge is 0.376 e. The number of thioether (sulfide) groups is 1. The molecule has 0 saturated carbocycles. The summed E-state index contributed by atoms with van der Waals surface area (Å²) in [6, 6.07) is 21.3. The van der Waals surface area contributed by atoms with Crippen LogP contribution in [0.5, 0.6) is 0 Å². The van der Waals surface area contributed by atoms with Gasteiger partial charge in [0, 0.05) is 29.4 Å². The van der Waals surface area contributed by atoms with E-state index in [4.69, 9.17) is 21.3 Å². The minimum atomic E-state index is -0.486. The first-order valence-electron chi connectivity index (χ1n) is 13.6. The number of carbonyl (C=O) groups excluding carboxylic acids is 2. The maximum Gasteiger partial charge on any atom is 0.262 e. The van der Waals surface area contributed by atoms with Gasteiger partial charge in [-0.1, -0.05) is 54.6 Å². The highest BCUT2D eigenvalue weighted by Crippen LogP contribution is 2.27. The number of fused-ring (bicyclic) bond motifs is 1.